The largest absolute Gasteiger partial charge is 0.299 e. The summed E-state index contributed by atoms with van der Waals surface area (Å²) in [5.41, 5.74) is 4.03. The van der Waals surface area contributed by atoms with Crippen LogP contribution < -0.4 is 4.72 Å². The molecule has 1 fully saturated rings. The SMILES string of the molecule is Cc1cc(C)c(S(=O)(=O)NC2CCN(Cc3ccccc3)CC2)c(C)c1.Cl. The highest BCUT2D eigenvalue weighted by Crippen LogP contribution is 2.23. The fourth-order valence-electron chi connectivity index (χ4n) is 3.92. The van der Waals surface area contributed by atoms with E-state index >= 15 is 0 Å². The molecule has 6 heteroatoms. The summed E-state index contributed by atoms with van der Waals surface area (Å²) in [6.07, 6.45) is 1.69. The van der Waals surface area contributed by atoms with Gasteiger partial charge in [-0.05, 0) is 50.3 Å². The highest BCUT2D eigenvalue weighted by atomic mass is 35.5. The summed E-state index contributed by atoms with van der Waals surface area (Å²) in [6, 6.07) is 14.3. The number of hydrogen-bond donors (Lipinski definition) is 1. The van der Waals surface area contributed by atoms with Gasteiger partial charge in [0.25, 0.3) is 0 Å². The fourth-order valence-corrected chi connectivity index (χ4v) is 5.68. The average Bonchev–Trinajstić information content (AvgIpc) is 2.56. The lowest BCUT2D eigenvalue weighted by atomic mass is 10.1. The molecule has 2 aromatic carbocycles. The van der Waals surface area contributed by atoms with Crippen LogP contribution >= 0.6 is 12.4 Å². The first-order valence-electron chi connectivity index (χ1n) is 9.21. The second kappa shape index (κ2) is 9.20. The second-order valence-electron chi connectivity index (χ2n) is 7.39. The molecule has 1 heterocycles. The molecule has 0 unspecified atom stereocenters. The summed E-state index contributed by atoms with van der Waals surface area (Å²) < 4.78 is 28.7. The van der Waals surface area contributed by atoms with Gasteiger partial charge in [0.05, 0.1) is 4.90 Å². The first-order chi connectivity index (χ1) is 12.3. The number of halogens is 1. The zero-order valence-corrected chi connectivity index (χ0v) is 17.9. The molecule has 2 aromatic rings. The third-order valence-electron chi connectivity index (χ3n) is 5.03. The van der Waals surface area contributed by atoms with Gasteiger partial charge in [-0.1, -0.05) is 48.0 Å². The van der Waals surface area contributed by atoms with Crippen LogP contribution in [0.2, 0.25) is 0 Å². The first-order valence-corrected chi connectivity index (χ1v) is 10.7. The summed E-state index contributed by atoms with van der Waals surface area (Å²) in [7, 11) is -3.48. The Morgan fingerprint density at radius 2 is 1.56 bits per heavy atom. The lowest BCUT2D eigenvalue weighted by Gasteiger charge is -2.32. The summed E-state index contributed by atoms with van der Waals surface area (Å²) in [6.45, 7) is 8.48. The molecule has 0 saturated carbocycles. The van der Waals surface area contributed by atoms with Crippen LogP contribution in [0.1, 0.15) is 35.1 Å². The van der Waals surface area contributed by atoms with Crippen molar-refractivity contribution in [3.63, 3.8) is 0 Å². The Labute approximate surface area is 169 Å². The summed E-state index contributed by atoms with van der Waals surface area (Å²) in [5.74, 6) is 0. The Hall–Kier alpha value is -1.40. The molecule has 1 aliphatic heterocycles. The van der Waals surface area contributed by atoms with Crippen LogP contribution in [0.5, 0.6) is 0 Å². The Morgan fingerprint density at radius 3 is 2.11 bits per heavy atom. The van der Waals surface area contributed by atoms with Crippen LogP contribution in [-0.4, -0.2) is 32.4 Å². The van der Waals surface area contributed by atoms with Gasteiger partial charge in [0.2, 0.25) is 10.0 Å². The lowest BCUT2D eigenvalue weighted by Crippen LogP contribution is -2.44. The maximum atomic E-state index is 12.9. The van der Waals surface area contributed by atoms with Crippen LogP contribution in [0.25, 0.3) is 0 Å². The molecule has 1 N–H and O–H groups in total. The minimum atomic E-state index is -3.48. The average molecular weight is 409 g/mol. The van der Waals surface area contributed by atoms with Crippen molar-refractivity contribution in [1.82, 2.24) is 9.62 Å². The predicted octanol–water partition coefficient (Wildman–Crippen LogP) is 3.98. The van der Waals surface area contributed by atoms with Crippen molar-refractivity contribution in [2.45, 2.75) is 51.1 Å². The number of hydrogen-bond acceptors (Lipinski definition) is 3. The zero-order chi connectivity index (χ0) is 18.7. The molecule has 0 bridgehead atoms. The molecular formula is C21H29ClN2O2S. The summed E-state index contributed by atoms with van der Waals surface area (Å²) in [4.78, 5) is 2.83. The Balaban J connectivity index is 0.00000261. The molecular weight excluding hydrogens is 380 g/mol. The topological polar surface area (TPSA) is 49.4 Å². The third-order valence-corrected chi connectivity index (χ3v) is 6.86. The van der Waals surface area contributed by atoms with Gasteiger partial charge in [-0.3, -0.25) is 4.90 Å². The third kappa shape index (κ3) is 5.55. The molecule has 1 saturated heterocycles. The summed E-state index contributed by atoms with van der Waals surface area (Å²) in [5, 5.41) is 0. The Kier molecular flexibility index (Phi) is 7.46. The van der Waals surface area contributed by atoms with Gasteiger partial charge in [0.15, 0.2) is 0 Å². The minimum absolute atomic E-state index is 0. The van der Waals surface area contributed by atoms with Crippen molar-refractivity contribution < 1.29 is 8.42 Å². The highest BCUT2D eigenvalue weighted by molar-refractivity contribution is 7.89. The highest BCUT2D eigenvalue weighted by Gasteiger charge is 2.26. The van der Waals surface area contributed by atoms with Gasteiger partial charge in [-0.25, -0.2) is 13.1 Å². The van der Waals surface area contributed by atoms with Crippen LogP contribution in [0.4, 0.5) is 0 Å². The number of piperidine rings is 1. The van der Waals surface area contributed by atoms with Crippen molar-refractivity contribution in [3.05, 3.63) is 64.7 Å². The van der Waals surface area contributed by atoms with Crippen molar-refractivity contribution >= 4 is 22.4 Å². The van der Waals surface area contributed by atoms with Gasteiger partial charge in [0, 0.05) is 25.7 Å². The fraction of sp³-hybridized carbons (Fsp3) is 0.429. The molecule has 0 spiro atoms. The molecule has 0 radical (unpaired) electrons. The van der Waals surface area contributed by atoms with Crippen LogP contribution in [-0.2, 0) is 16.6 Å². The van der Waals surface area contributed by atoms with Gasteiger partial charge in [0.1, 0.15) is 0 Å². The van der Waals surface area contributed by atoms with E-state index in [0.29, 0.717) is 4.90 Å². The quantitative estimate of drug-likeness (QED) is 0.814. The molecule has 4 nitrogen and oxygen atoms in total. The Morgan fingerprint density at radius 1 is 1.00 bits per heavy atom. The molecule has 3 rings (SSSR count). The normalized spacial score (nSPS) is 16.1. The van der Waals surface area contributed by atoms with E-state index < -0.39 is 10.0 Å². The second-order valence-corrected chi connectivity index (χ2v) is 9.04. The minimum Gasteiger partial charge on any atom is -0.299 e. The van der Waals surface area contributed by atoms with E-state index in [9.17, 15) is 8.42 Å². The first kappa shape index (κ1) is 21.9. The predicted molar refractivity (Wildman–Crippen MR) is 113 cm³/mol. The smallest absolute Gasteiger partial charge is 0.241 e. The van der Waals surface area contributed by atoms with Gasteiger partial charge in [-0.15, -0.1) is 12.4 Å². The number of likely N-dealkylation sites (tertiary alicyclic amines) is 1. The molecule has 148 valence electrons. The van der Waals surface area contributed by atoms with Crippen molar-refractivity contribution in [2.24, 2.45) is 0 Å². The van der Waals surface area contributed by atoms with E-state index in [-0.39, 0.29) is 18.4 Å². The molecule has 0 aromatic heterocycles. The molecule has 0 aliphatic carbocycles. The molecule has 27 heavy (non-hydrogen) atoms. The number of aryl methyl sites for hydroxylation is 3. The van der Waals surface area contributed by atoms with Gasteiger partial charge < -0.3 is 0 Å². The van der Waals surface area contributed by atoms with Crippen LogP contribution in [0.15, 0.2) is 47.4 Å². The monoisotopic (exact) mass is 408 g/mol. The number of nitrogens with zero attached hydrogens (tertiary/aromatic N) is 1. The van der Waals surface area contributed by atoms with Crippen molar-refractivity contribution in [1.29, 1.82) is 0 Å². The molecule has 0 amide bonds. The van der Waals surface area contributed by atoms with Crippen LogP contribution in [0.3, 0.4) is 0 Å². The van der Waals surface area contributed by atoms with E-state index in [1.165, 1.54) is 5.56 Å². The van der Waals surface area contributed by atoms with E-state index in [4.69, 9.17) is 0 Å². The van der Waals surface area contributed by atoms with Gasteiger partial charge >= 0.3 is 0 Å². The van der Waals surface area contributed by atoms with E-state index in [1.807, 2.05) is 39.0 Å². The number of nitrogens with one attached hydrogen (secondary N) is 1. The van der Waals surface area contributed by atoms with Crippen molar-refractivity contribution in [2.75, 3.05) is 13.1 Å². The van der Waals surface area contributed by atoms with Crippen molar-refractivity contribution in [3.8, 4) is 0 Å². The van der Waals surface area contributed by atoms with Gasteiger partial charge in [-0.2, -0.15) is 0 Å². The van der Waals surface area contributed by atoms with Crippen LogP contribution in [0, 0.1) is 20.8 Å². The number of benzene rings is 2. The van der Waals surface area contributed by atoms with E-state index in [2.05, 4.69) is 33.9 Å². The maximum Gasteiger partial charge on any atom is 0.241 e. The molecule has 0 atom stereocenters. The maximum absolute atomic E-state index is 12.9. The standard InChI is InChI=1S/C21H28N2O2S.ClH/c1-16-13-17(2)21(18(3)14-16)26(24,25)22-20-9-11-23(12-10-20)15-19-7-5-4-6-8-19;/h4-8,13-14,20,22H,9-12,15H2,1-3H3;1H. The molecule has 1 aliphatic rings. The zero-order valence-electron chi connectivity index (χ0n) is 16.2. The lowest BCUT2D eigenvalue weighted by molar-refractivity contribution is 0.200. The number of rotatable bonds is 5. The number of sulfonamides is 1. The van der Waals surface area contributed by atoms with E-state index in [0.717, 1.165) is 49.2 Å². The van der Waals surface area contributed by atoms with E-state index in [1.54, 1.807) is 0 Å². The summed E-state index contributed by atoms with van der Waals surface area (Å²) >= 11 is 0. The Bertz CT molecular complexity index is 838.